The summed E-state index contributed by atoms with van der Waals surface area (Å²) in [7, 11) is 1.29. The first-order valence-corrected chi connectivity index (χ1v) is 13.3. The summed E-state index contributed by atoms with van der Waals surface area (Å²) in [5.41, 5.74) is 1.35. The first-order valence-electron chi connectivity index (χ1n) is 11.7. The van der Waals surface area contributed by atoms with Gasteiger partial charge in [-0.1, -0.05) is 52.7 Å². The molecule has 0 aliphatic carbocycles. The number of benzene rings is 2. The molecule has 5 rings (SSSR count). The molecule has 0 bridgehead atoms. The number of carbonyl (C=O) groups is 2. The Kier molecular flexibility index (Phi) is 6.87. The molecule has 0 saturated carbocycles. The lowest BCUT2D eigenvalue weighted by atomic mass is 9.98. The molecule has 8 nitrogen and oxygen atoms in total. The number of aryl methyl sites for hydroxylation is 1. The van der Waals surface area contributed by atoms with Crippen LogP contribution in [0.2, 0.25) is 0 Å². The van der Waals surface area contributed by atoms with Crippen molar-refractivity contribution in [1.82, 2.24) is 4.98 Å². The number of fused-ring (bicyclic) bond motifs is 2. The number of esters is 1. The Bertz CT molecular complexity index is 1580. The number of methoxy groups -OCH3 is 1. The number of amides is 1. The van der Waals surface area contributed by atoms with E-state index in [0.717, 1.165) is 28.7 Å². The van der Waals surface area contributed by atoms with E-state index < -0.39 is 17.9 Å². The Balaban J connectivity index is 1.68. The molecule has 37 heavy (non-hydrogen) atoms. The Morgan fingerprint density at radius 3 is 2.65 bits per heavy atom. The molecular formula is C27H23BrN2O6S. The Morgan fingerprint density at radius 2 is 1.95 bits per heavy atom. The molecule has 1 aliphatic rings. The van der Waals surface area contributed by atoms with Crippen molar-refractivity contribution in [3.05, 3.63) is 84.6 Å². The van der Waals surface area contributed by atoms with E-state index in [9.17, 15) is 14.4 Å². The lowest BCUT2D eigenvalue weighted by Crippen LogP contribution is -2.29. The summed E-state index contributed by atoms with van der Waals surface area (Å²) in [4.78, 5) is 46.0. The second-order valence-electron chi connectivity index (χ2n) is 8.57. The van der Waals surface area contributed by atoms with Crippen LogP contribution in [0, 0.1) is 6.92 Å². The molecule has 1 atom stereocenters. The van der Waals surface area contributed by atoms with Gasteiger partial charge in [-0.25, -0.2) is 9.78 Å². The lowest BCUT2D eigenvalue weighted by molar-refractivity contribution is 0.0605. The third kappa shape index (κ3) is 4.44. The fraction of sp³-hybridized carbons (Fsp3) is 0.259. The molecule has 0 N–H and O–H groups in total. The predicted octanol–water partition coefficient (Wildman–Crippen LogP) is 6.04. The zero-order chi connectivity index (χ0) is 26.3. The quantitative estimate of drug-likeness (QED) is 0.193. The highest BCUT2D eigenvalue weighted by Crippen LogP contribution is 2.43. The van der Waals surface area contributed by atoms with Crippen LogP contribution in [0.5, 0.6) is 5.75 Å². The van der Waals surface area contributed by atoms with E-state index in [-0.39, 0.29) is 26.8 Å². The lowest BCUT2D eigenvalue weighted by Gasteiger charge is -2.22. The highest BCUT2D eigenvalue weighted by molar-refractivity contribution is 9.10. The van der Waals surface area contributed by atoms with Crippen LogP contribution >= 0.6 is 27.3 Å². The van der Waals surface area contributed by atoms with Crippen molar-refractivity contribution in [1.29, 1.82) is 0 Å². The molecular weight excluding hydrogens is 560 g/mol. The van der Waals surface area contributed by atoms with Crippen molar-refractivity contribution in [2.45, 2.75) is 32.7 Å². The number of hydrogen-bond acceptors (Lipinski definition) is 8. The fourth-order valence-corrected chi connectivity index (χ4v) is 5.68. The minimum atomic E-state index is -0.803. The van der Waals surface area contributed by atoms with Gasteiger partial charge in [0, 0.05) is 4.47 Å². The fourth-order valence-electron chi connectivity index (χ4n) is 4.31. The number of anilines is 1. The standard InChI is InChI=1S/C27H23BrN2O6S/c1-4-5-12-35-17-9-6-15(7-10-17)21-20-22(31)18-13-16(28)8-11-19(18)36-23(20)25(32)30(21)27-29-14(2)24(37-27)26(33)34-3/h6-11,13,21H,4-5,12H2,1-3H3. The van der Waals surface area contributed by atoms with Gasteiger partial charge in [0.05, 0.1) is 36.4 Å². The number of aromatic nitrogens is 1. The number of ether oxygens (including phenoxy) is 2. The van der Waals surface area contributed by atoms with Gasteiger partial charge in [-0.15, -0.1) is 0 Å². The molecule has 10 heteroatoms. The monoisotopic (exact) mass is 582 g/mol. The molecule has 0 spiro atoms. The number of thiazole rings is 1. The van der Waals surface area contributed by atoms with Crippen LogP contribution in [0.4, 0.5) is 5.13 Å². The first-order chi connectivity index (χ1) is 17.8. The van der Waals surface area contributed by atoms with E-state index in [1.165, 1.54) is 12.0 Å². The van der Waals surface area contributed by atoms with E-state index in [0.29, 0.717) is 34.6 Å². The van der Waals surface area contributed by atoms with Crippen LogP contribution in [0.1, 0.15) is 62.9 Å². The van der Waals surface area contributed by atoms with Gasteiger partial charge in [-0.05, 0) is 49.2 Å². The molecule has 0 saturated heterocycles. The summed E-state index contributed by atoms with van der Waals surface area (Å²) in [6.07, 6.45) is 1.96. The highest BCUT2D eigenvalue weighted by atomic mass is 79.9. The minimum absolute atomic E-state index is 0.0411. The Hall–Kier alpha value is -3.50. The molecule has 4 aromatic rings. The summed E-state index contributed by atoms with van der Waals surface area (Å²) in [6.45, 7) is 4.37. The number of hydrogen-bond donors (Lipinski definition) is 0. The average Bonchev–Trinajstić information content (AvgIpc) is 3.42. The van der Waals surface area contributed by atoms with E-state index in [1.807, 2.05) is 24.3 Å². The molecule has 2 aromatic heterocycles. The summed E-state index contributed by atoms with van der Waals surface area (Å²) in [6, 6.07) is 11.6. The third-order valence-electron chi connectivity index (χ3n) is 6.16. The van der Waals surface area contributed by atoms with E-state index in [2.05, 4.69) is 27.8 Å². The smallest absolute Gasteiger partial charge is 0.350 e. The molecule has 1 unspecified atom stereocenters. The van der Waals surface area contributed by atoms with Gasteiger partial charge in [-0.3, -0.25) is 14.5 Å². The van der Waals surface area contributed by atoms with Gasteiger partial charge in [0.15, 0.2) is 10.6 Å². The molecule has 3 heterocycles. The summed E-state index contributed by atoms with van der Waals surface area (Å²) in [5.74, 6) is -0.392. The van der Waals surface area contributed by atoms with Crippen molar-refractivity contribution < 1.29 is 23.5 Å². The van der Waals surface area contributed by atoms with Crippen LogP contribution in [-0.2, 0) is 4.74 Å². The van der Waals surface area contributed by atoms with Crippen LogP contribution in [0.25, 0.3) is 11.0 Å². The predicted molar refractivity (Wildman–Crippen MR) is 144 cm³/mol. The largest absolute Gasteiger partial charge is 0.494 e. The van der Waals surface area contributed by atoms with Gasteiger partial charge in [-0.2, -0.15) is 0 Å². The number of halogens is 1. The molecule has 1 aliphatic heterocycles. The normalized spacial score (nSPS) is 14.8. The van der Waals surface area contributed by atoms with Crippen LogP contribution in [0.3, 0.4) is 0 Å². The Labute approximate surface area is 225 Å². The number of unbranched alkanes of at least 4 members (excludes halogenated alkanes) is 1. The van der Waals surface area contributed by atoms with Crippen molar-refractivity contribution in [3.8, 4) is 5.75 Å². The molecule has 1 amide bonds. The molecule has 2 aromatic carbocycles. The van der Waals surface area contributed by atoms with Crippen molar-refractivity contribution in [2.24, 2.45) is 0 Å². The third-order valence-corrected chi connectivity index (χ3v) is 7.79. The van der Waals surface area contributed by atoms with Gasteiger partial charge in [0.1, 0.15) is 16.2 Å². The number of nitrogens with zero attached hydrogens (tertiary/aromatic N) is 2. The second kappa shape index (κ2) is 10.1. The van der Waals surface area contributed by atoms with Crippen LogP contribution in [-0.4, -0.2) is 30.6 Å². The average molecular weight is 583 g/mol. The zero-order valence-corrected chi connectivity index (χ0v) is 22.8. The second-order valence-corrected chi connectivity index (χ2v) is 10.5. The molecule has 0 fully saturated rings. The van der Waals surface area contributed by atoms with Crippen molar-refractivity contribution in [3.63, 3.8) is 0 Å². The topological polar surface area (TPSA) is 98.9 Å². The van der Waals surface area contributed by atoms with Crippen molar-refractivity contribution >= 4 is 55.2 Å². The first kappa shape index (κ1) is 25.2. The SMILES string of the molecule is CCCCOc1ccc(C2c3c(oc4ccc(Br)cc4c3=O)C(=O)N2c2nc(C)c(C(=O)OC)s2)cc1. The van der Waals surface area contributed by atoms with Gasteiger partial charge >= 0.3 is 5.97 Å². The molecule has 0 radical (unpaired) electrons. The summed E-state index contributed by atoms with van der Waals surface area (Å²) < 4.78 is 17.4. The van der Waals surface area contributed by atoms with Gasteiger partial charge in [0.2, 0.25) is 5.76 Å². The maximum atomic E-state index is 13.8. The number of carbonyl (C=O) groups excluding carboxylic acids is 2. The number of rotatable bonds is 7. The van der Waals surface area contributed by atoms with E-state index >= 15 is 0 Å². The molecule has 190 valence electrons. The van der Waals surface area contributed by atoms with E-state index in [4.69, 9.17) is 13.9 Å². The zero-order valence-electron chi connectivity index (χ0n) is 20.4. The van der Waals surface area contributed by atoms with Gasteiger partial charge < -0.3 is 13.9 Å². The van der Waals surface area contributed by atoms with E-state index in [1.54, 1.807) is 25.1 Å². The maximum absolute atomic E-state index is 13.8. The van der Waals surface area contributed by atoms with Gasteiger partial charge in [0.25, 0.3) is 5.91 Å². The summed E-state index contributed by atoms with van der Waals surface area (Å²) >= 11 is 4.44. The van der Waals surface area contributed by atoms with Crippen LogP contribution in [0.15, 0.2) is 56.1 Å². The van der Waals surface area contributed by atoms with Crippen molar-refractivity contribution in [2.75, 3.05) is 18.6 Å². The summed E-state index contributed by atoms with van der Waals surface area (Å²) in [5, 5.41) is 0.630. The maximum Gasteiger partial charge on any atom is 0.350 e. The van der Waals surface area contributed by atoms with Crippen LogP contribution < -0.4 is 15.1 Å². The highest BCUT2D eigenvalue weighted by Gasteiger charge is 2.45. The Morgan fingerprint density at radius 1 is 1.19 bits per heavy atom. The minimum Gasteiger partial charge on any atom is -0.494 e.